The minimum atomic E-state index is -0.665. The van der Waals surface area contributed by atoms with Gasteiger partial charge in [-0.1, -0.05) is 12.1 Å². The number of nitrogens with two attached hydrogens (primary N) is 1. The second-order valence-electron chi connectivity index (χ2n) is 8.01. The van der Waals surface area contributed by atoms with Crippen LogP contribution in [0.1, 0.15) is 28.9 Å². The standard InChI is InChI=1S/C22H27N5O5/c23-20(28)19-4-7-27(24-19)22(30)26-10-8-25(9-11-26)15-16-2-1-3-18(14-16)32-21(29)17-5-12-31-13-6-17/h1-4,7,14,17H,5-6,8-13,15H2,(H2,23,28). The first-order chi connectivity index (χ1) is 15.5. The second-order valence-corrected chi connectivity index (χ2v) is 8.01. The molecule has 0 spiro atoms. The van der Waals surface area contributed by atoms with Crippen molar-refractivity contribution in [3.8, 4) is 5.75 Å². The van der Waals surface area contributed by atoms with E-state index in [2.05, 4.69) is 10.00 Å². The van der Waals surface area contributed by atoms with Gasteiger partial charge in [0.2, 0.25) is 0 Å². The summed E-state index contributed by atoms with van der Waals surface area (Å²) in [5.74, 6) is -0.415. The predicted octanol–water partition coefficient (Wildman–Crippen LogP) is 1.10. The molecule has 2 amide bonds. The fourth-order valence-electron chi connectivity index (χ4n) is 3.90. The first kappa shape index (κ1) is 22.0. The Hall–Kier alpha value is -3.24. The van der Waals surface area contributed by atoms with Crippen molar-refractivity contribution in [2.45, 2.75) is 19.4 Å². The number of carbonyl (C=O) groups excluding carboxylic acids is 3. The highest BCUT2D eigenvalue weighted by atomic mass is 16.5. The average molecular weight is 441 g/mol. The summed E-state index contributed by atoms with van der Waals surface area (Å²) in [5.41, 5.74) is 6.30. The molecule has 0 radical (unpaired) electrons. The molecule has 0 unspecified atom stereocenters. The molecule has 2 aromatic rings. The SMILES string of the molecule is NC(=O)c1ccn(C(=O)N2CCN(Cc3cccc(OC(=O)C4CCOCC4)c3)CC2)n1. The van der Waals surface area contributed by atoms with Gasteiger partial charge in [-0.3, -0.25) is 14.5 Å². The lowest BCUT2D eigenvalue weighted by Crippen LogP contribution is -2.49. The minimum Gasteiger partial charge on any atom is -0.426 e. The summed E-state index contributed by atoms with van der Waals surface area (Å²) in [6.45, 7) is 4.37. The maximum Gasteiger partial charge on any atom is 0.344 e. The summed E-state index contributed by atoms with van der Waals surface area (Å²) in [5, 5.41) is 3.93. The number of hydrogen-bond donors (Lipinski definition) is 1. The Morgan fingerprint density at radius 2 is 1.84 bits per heavy atom. The van der Waals surface area contributed by atoms with Crippen molar-refractivity contribution in [1.29, 1.82) is 0 Å². The quantitative estimate of drug-likeness (QED) is 0.545. The molecule has 0 atom stereocenters. The minimum absolute atomic E-state index is 0.0642. The highest BCUT2D eigenvalue weighted by Gasteiger charge is 2.25. The van der Waals surface area contributed by atoms with E-state index in [0.717, 1.165) is 10.2 Å². The lowest BCUT2D eigenvalue weighted by Gasteiger charge is -2.34. The number of carbonyl (C=O) groups is 3. The number of amides is 2. The number of primary amides is 1. The summed E-state index contributed by atoms with van der Waals surface area (Å²) in [4.78, 5) is 40.1. The van der Waals surface area contributed by atoms with E-state index in [1.54, 1.807) is 11.0 Å². The number of esters is 1. The third-order valence-corrected chi connectivity index (χ3v) is 5.76. The smallest absolute Gasteiger partial charge is 0.344 e. The summed E-state index contributed by atoms with van der Waals surface area (Å²) < 4.78 is 12.0. The molecule has 2 N–H and O–H groups in total. The van der Waals surface area contributed by atoms with Crippen molar-refractivity contribution < 1.29 is 23.9 Å². The van der Waals surface area contributed by atoms with Gasteiger partial charge in [0.1, 0.15) is 5.75 Å². The second kappa shape index (κ2) is 9.92. The van der Waals surface area contributed by atoms with Gasteiger partial charge in [0.05, 0.1) is 5.92 Å². The van der Waals surface area contributed by atoms with Gasteiger partial charge >= 0.3 is 12.0 Å². The molecule has 2 aliphatic heterocycles. The zero-order valence-electron chi connectivity index (χ0n) is 17.8. The summed E-state index contributed by atoms with van der Waals surface area (Å²) >= 11 is 0. The zero-order valence-corrected chi connectivity index (χ0v) is 17.8. The molecule has 0 bridgehead atoms. The summed E-state index contributed by atoms with van der Waals surface area (Å²) in [6.07, 6.45) is 2.84. The summed E-state index contributed by atoms with van der Waals surface area (Å²) in [6, 6.07) is 8.72. The fraction of sp³-hybridized carbons (Fsp3) is 0.455. The fourth-order valence-corrected chi connectivity index (χ4v) is 3.90. The van der Waals surface area contributed by atoms with Crippen LogP contribution in [0.5, 0.6) is 5.75 Å². The Morgan fingerprint density at radius 1 is 1.09 bits per heavy atom. The van der Waals surface area contributed by atoms with E-state index in [0.29, 0.717) is 64.5 Å². The maximum atomic E-state index is 12.6. The van der Waals surface area contributed by atoms with E-state index >= 15 is 0 Å². The normalized spacial score (nSPS) is 17.8. The molecular formula is C22H27N5O5. The monoisotopic (exact) mass is 441 g/mol. The van der Waals surface area contributed by atoms with Gasteiger partial charge in [-0.05, 0) is 36.6 Å². The number of piperazine rings is 1. The van der Waals surface area contributed by atoms with Crippen molar-refractivity contribution in [3.05, 3.63) is 47.8 Å². The molecule has 1 aromatic heterocycles. The van der Waals surface area contributed by atoms with Crippen LogP contribution in [0.15, 0.2) is 36.5 Å². The van der Waals surface area contributed by atoms with E-state index in [1.165, 1.54) is 12.3 Å². The van der Waals surface area contributed by atoms with Gasteiger partial charge < -0.3 is 20.1 Å². The van der Waals surface area contributed by atoms with Crippen LogP contribution in [0.3, 0.4) is 0 Å². The predicted molar refractivity (Wildman–Crippen MR) is 114 cm³/mol. The van der Waals surface area contributed by atoms with E-state index in [9.17, 15) is 14.4 Å². The van der Waals surface area contributed by atoms with Gasteiger partial charge in [-0.25, -0.2) is 4.79 Å². The Morgan fingerprint density at radius 3 is 2.53 bits per heavy atom. The maximum absolute atomic E-state index is 12.6. The van der Waals surface area contributed by atoms with Crippen molar-refractivity contribution in [3.63, 3.8) is 0 Å². The van der Waals surface area contributed by atoms with Crippen molar-refractivity contribution in [1.82, 2.24) is 19.6 Å². The third-order valence-electron chi connectivity index (χ3n) is 5.76. The largest absolute Gasteiger partial charge is 0.426 e. The molecular weight excluding hydrogens is 414 g/mol. The van der Waals surface area contributed by atoms with Gasteiger partial charge in [0, 0.05) is 52.1 Å². The van der Waals surface area contributed by atoms with E-state index < -0.39 is 5.91 Å². The van der Waals surface area contributed by atoms with Crippen LogP contribution >= 0.6 is 0 Å². The molecule has 32 heavy (non-hydrogen) atoms. The highest BCUT2D eigenvalue weighted by Crippen LogP contribution is 2.21. The summed E-state index contributed by atoms with van der Waals surface area (Å²) in [7, 11) is 0. The molecule has 2 fully saturated rings. The van der Waals surface area contributed by atoms with Crippen molar-refractivity contribution in [2.24, 2.45) is 11.7 Å². The molecule has 10 nitrogen and oxygen atoms in total. The Labute approximate surface area is 185 Å². The third kappa shape index (κ3) is 5.32. The molecule has 0 aliphatic carbocycles. The molecule has 170 valence electrons. The molecule has 3 heterocycles. The Balaban J connectivity index is 1.28. The van der Waals surface area contributed by atoms with Crippen LogP contribution in [0.25, 0.3) is 0 Å². The van der Waals surface area contributed by atoms with Gasteiger partial charge in [-0.2, -0.15) is 9.78 Å². The molecule has 2 aliphatic rings. The van der Waals surface area contributed by atoms with Crippen LogP contribution in [0.4, 0.5) is 4.79 Å². The van der Waals surface area contributed by atoms with E-state index in [4.69, 9.17) is 15.2 Å². The van der Waals surface area contributed by atoms with Crippen LogP contribution in [0, 0.1) is 5.92 Å². The molecule has 1 aromatic carbocycles. The number of aromatic nitrogens is 2. The average Bonchev–Trinajstić information content (AvgIpc) is 3.31. The van der Waals surface area contributed by atoms with Gasteiger partial charge in [0.25, 0.3) is 5.91 Å². The zero-order chi connectivity index (χ0) is 22.5. The first-order valence-electron chi connectivity index (χ1n) is 10.7. The van der Waals surface area contributed by atoms with Crippen LogP contribution in [-0.2, 0) is 16.1 Å². The lowest BCUT2D eigenvalue weighted by molar-refractivity contribution is -0.142. The van der Waals surface area contributed by atoms with Crippen LogP contribution in [0.2, 0.25) is 0 Å². The van der Waals surface area contributed by atoms with Crippen molar-refractivity contribution in [2.75, 3.05) is 39.4 Å². The Kier molecular flexibility index (Phi) is 6.81. The molecule has 4 rings (SSSR count). The highest BCUT2D eigenvalue weighted by molar-refractivity contribution is 5.91. The first-order valence-corrected chi connectivity index (χ1v) is 10.7. The van der Waals surface area contributed by atoms with Crippen LogP contribution in [-0.4, -0.2) is 76.9 Å². The van der Waals surface area contributed by atoms with E-state index in [-0.39, 0.29) is 23.6 Å². The van der Waals surface area contributed by atoms with Gasteiger partial charge in [0.15, 0.2) is 5.69 Å². The Bertz CT molecular complexity index is 977. The molecule has 10 heteroatoms. The van der Waals surface area contributed by atoms with Crippen LogP contribution < -0.4 is 10.5 Å². The molecule has 0 saturated carbocycles. The molecule has 2 saturated heterocycles. The number of rotatable bonds is 5. The lowest BCUT2D eigenvalue weighted by atomic mass is 10.0. The number of benzene rings is 1. The van der Waals surface area contributed by atoms with Gasteiger partial charge in [-0.15, -0.1) is 0 Å². The van der Waals surface area contributed by atoms with E-state index in [1.807, 2.05) is 18.2 Å². The van der Waals surface area contributed by atoms with Crippen molar-refractivity contribution >= 4 is 17.9 Å². The topological polar surface area (TPSA) is 120 Å². The number of ether oxygens (including phenoxy) is 2. The number of nitrogens with zero attached hydrogens (tertiary/aromatic N) is 4. The number of hydrogen-bond acceptors (Lipinski definition) is 7.